The number of Topliss-reactive ketones (excluding diaryl/α,β-unsaturated/α-hetero) is 1. The van der Waals surface area contributed by atoms with Crippen molar-refractivity contribution in [2.45, 2.75) is 122 Å². The van der Waals surface area contributed by atoms with Crippen LogP contribution in [0.1, 0.15) is 121 Å². The zero-order chi connectivity index (χ0) is 22.4. The van der Waals surface area contributed by atoms with Crippen molar-refractivity contribution < 1.29 is 4.79 Å². The molecule has 1 saturated carbocycles. The van der Waals surface area contributed by atoms with Crippen LogP contribution in [-0.2, 0) is 17.6 Å². The first-order chi connectivity index (χ1) is 15.1. The molecule has 1 aliphatic rings. The molecule has 0 atom stereocenters. The normalized spacial score (nSPS) is 14.0. The van der Waals surface area contributed by atoms with Crippen molar-refractivity contribution in [3.05, 3.63) is 35.4 Å². The summed E-state index contributed by atoms with van der Waals surface area (Å²) in [6.45, 7) is 2.28. The summed E-state index contributed by atoms with van der Waals surface area (Å²) in [6.07, 6.45) is 22.5. The van der Waals surface area contributed by atoms with Crippen LogP contribution in [0.2, 0.25) is 0 Å². The molecule has 0 amide bonds. The van der Waals surface area contributed by atoms with Crippen molar-refractivity contribution in [3.63, 3.8) is 0 Å². The van der Waals surface area contributed by atoms with Gasteiger partial charge in [-0.05, 0) is 36.8 Å². The predicted octanol–water partition coefficient (Wildman–Crippen LogP) is 7.96. The Kier molecular flexibility index (Phi) is 14.6. The summed E-state index contributed by atoms with van der Waals surface area (Å²) >= 11 is 0. The summed E-state index contributed by atoms with van der Waals surface area (Å²) in [4.78, 5) is 12.4. The number of aryl methyl sites for hydroxylation is 1. The number of amidine groups is 1. The molecular weight excluding hydrogens is 416 g/mol. The Morgan fingerprint density at radius 3 is 1.59 bits per heavy atom. The molecule has 0 heterocycles. The fraction of sp³-hybridized carbons (Fsp3) is 0.714. The summed E-state index contributed by atoms with van der Waals surface area (Å²) in [6, 6.07) is 8.48. The molecule has 0 aliphatic heterocycles. The van der Waals surface area contributed by atoms with Crippen molar-refractivity contribution in [2.24, 2.45) is 11.1 Å². The maximum atomic E-state index is 12.4. The van der Waals surface area contributed by atoms with Gasteiger partial charge in [-0.1, -0.05) is 115 Å². The minimum Gasteiger partial charge on any atom is -0.387 e. The van der Waals surface area contributed by atoms with Crippen LogP contribution in [0.3, 0.4) is 0 Å². The molecule has 0 aromatic heterocycles. The van der Waals surface area contributed by atoms with Gasteiger partial charge in [-0.25, -0.2) is 0 Å². The van der Waals surface area contributed by atoms with Gasteiger partial charge in [0, 0.05) is 6.42 Å². The quantitative estimate of drug-likeness (QED) is 0.124. The van der Waals surface area contributed by atoms with E-state index in [-0.39, 0.29) is 24.0 Å². The van der Waals surface area contributed by atoms with E-state index in [0.29, 0.717) is 6.42 Å². The Hall–Kier alpha value is -1.35. The molecule has 1 aromatic carbocycles. The lowest BCUT2D eigenvalue weighted by Gasteiger charge is -2.12. The summed E-state index contributed by atoms with van der Waals surface area (Å²) < 4.78 is 0. The Morgan fingerprint density at radius 2 is 1.19 bits per heavy atom. The fourth-order valence-electron chi connectivity index (χ4n) is 4.53. The highest BCUT2D eigenvalue weighted by atomic mass is 35.5. The molecule has 0 spiro atoms. The van der Waals surface area contributed by atoms with Gasteiger partial charge in [0.1, 0.15) is 5.84 Å². The maximum absolute atomic E-state index is 12.4. The highest BCUT2D eigenvalue weighted by molar-refractivity contribution is 6.09. The summed E-state index contributed by atoms with van der Waals surface area (Å²) in [5.74, 6) is 0.159. The van der Waals surface area contributed by atoms with Gasteiger partial charge in [0.15, 0.2) is 5.78 Å². The Balaban J connectivity index is 0.00000512. The second-order valence-corrected chi connectivity index (χ2v) is 9.76. The highest BCUT2D eigenvalue weighted by Gasteiger charge is 2.52. The van der Waals surface area contributed by atoms with Crippen molar-refractivity contribution in [2.75, 3.05) is 0 Å². The molecule has 182 valence electrons. The number of unbranched alkanes of at least 4 members (excludes halogenated alkanes) is 13. The minimum absolute atomic E-state index is 0. The van der Waals surface area contributed by atoms with Gasteiger partial charge in [-0.3, -0.25) is 10.2 Å². The van der Waals surface area contributed by atoms with Gasteiger partial charge in [0.25, 0.3) is 0 Å². The van der Waals surface area contributed by atoms with Gasteiger partial charge in [-0.2, -0.15) is 0 Å². The summed E-state index contributed by atoms with van der Waals surface area (Å²) in [7, 11) is 0. The first-order valence-electron chi connectivity index (χ1n) is 13.0. The standard InChI is InChI=1S/C28H46N2O.ClH/c1-2-3-4-5-6-7-8-9-10-11-12-13-14-15-16-24-17-19-25(20-18-24)23-26(31)28(21-22-28)27(29)30;/h17-20H,2-16,21-23H2,1H3,(H3,29,30);1H. The SMILES string of the molecule is CCCCCCCCCCCCCCCCc1ccc(CC(=O)C2(C(=N)N)CC2)cc1.Cl. The molecule has 3 nitrogen and oxygen atoms in total. The molecule has 2 rings (SSSR count). The molecule has 4 heteroatoms. The van der Waals surface area contributed by atoms with Crippen LogP contribution in [0.5, 0.6) is 0 Å². The molecule has 0 bridgehead atoms. The molecule has 0 unspecified atom stereocenters. The van der Waals surface area contributed by atoms with E-state index in [1.807, 2.05) is 0 Å². The van der Waals surface area contributed by atoms with E-state index in [1.165, 1.54) is 95.5 Å². The highest BCUT2D eigenvalue weighted by Crippen LogP contribution is 2.47. The number of rotatable bonds is 19. The molecule has 0 saturated heterocycles. The predicted molar refractivity (Wildman–Crippen MR) is 140 cm³/mol. The van der Waals surface area contributed by atoms with E-state index in [2.05, 4.69) is 31.2 Å². The molecule has 32 heavy (non-hydrogen) atoms. The largest absolute Gasteiger partial charge is 0.387 e. The second kappa shape index (κ2) is 16.3. The van der Waals surface area contributed by atoms with Gasteiger partial charge >= 0.3 is 0 Å². The number of ketones is 1. The molecule has 1 aliphatic carbocycles. The molecular formula is C28H47ClN2O. The Morgan fingerprint density at radius 1 is 0.781 bits per heavy atom. The second-order valence-electron chi connectivity index (χ2n) is 9.76. The Bertz CT molecular complexity index is 652. The maximum Gasteiger partial charge on any atom is 0.150 e. The molecule has 1 aromatic rings. The van der Waals surface area contributed by atoms with Crippen LogP contribution in [0.25, 0.3) is 0 Å². The molecule has 0 radical (unpaired) electrons. The van der Waals surface area contributed by atoms with E-state index in [9.17, 15) is 4.79 Å². The van der Waals surface area contributed by atoms with E-state index < -0.39 is 5.41 Å². The number of halogens is 1. The van der Waals surface area contributed by atoms with Crippen molar-refractivity contribution in [1.82, 2.24) is 0 Å². The lowest BCUT2D eigenvalue weighted by atomic mass is 9.93. The van der Waals surface area contributed by atoms with E-state index >= 15 is 0 Å². The van der Waals surface area contributed by atoms with Crippen LogP contribution in [0.15, 0.2) is 24.3 Å². The lowest BCUT2D eigenvalue weighted by molar-refractivity contribution is -0.121. The van der Waals surface area contributed by atoms with E-state index in [4.69, 9.17) is 11.1 Å². The Labute approximate surface area is 203 Å². The molecule has 1 fully saturated rings. The molecule has 3 N–H and O–H groups in total. The van der Waals surface area contributed by atoms with Gasteiger partial charge in [-0.15, -0.1) is 12.4 Å². The van der Waals surface area contributed by atoms with Crippen LogP contribution < -0.4 is 5.73 Å². The van der Waals surface area contributed by atoms with Gasteiger partial charge in [0.2, 0.25) is 0 Å². The van der Waals surface area contributed by atoms with Crippen LogP contribution in [0.4, 0.5) is 0 Å². The lowest BCUT2D eigenvalue weighted by Crippen LogP contribution is -2.32. The third-order valence-corrected chi connectivity index (χ3v) is 7.01. The third-order valence-electron chi connectivity index (χ3n) is 7.01. The van der Waals surface area contributed by atoms with Crippen LogP contribution >= 0.6 is 12.4 Å². The third kappa shape index (κ3) is 10.5. The van der Waals surface area contributed by atoms with E-state index in [0.717, 1.165) is 24.8 Å². The topological polar surface area (TPSA) is 66.9 Å². The number of hydrogen-bond acceptors (Lipinski definition) is 2. The average Bonchev–Trinajstić information content (AvgIpc) is 3.57. The van der Waals surface area contributed by atoms with E-state index in [1.54, 1.807) is 0 Å². The van der Waals surface area contributed by atoms with Crippen LogP contribution in [0, 0.1) is 10.8 Å². The van der Waals surface area contributed by atoms with Gasteiger partial charge < -0.3 is 5.73 Å². The first kappa shape index (κ1) is 28.7. The number of carbonyl (C=O) groups is 1. The van der Waals surface area contributed by atoms with Gasteiger partial charge in [0.05, 0.1) is 5.41 Å². The average molecular weight is 463 g/mol. The summed E-state index contributed by atoms with van der Waals surface area (Å²) in [5, 5.41) is 7.65. The fourth-order valence-corrected chi connectivity index (χ4v) is 4.53. The van der Waals surface area contributed by atoms with Crippen molar-refractivity contribution >= 4 is 24.0 Å². The van der Waals surface area contributed by atoms with Crippen molar-refractivity contribution in [3.8, 4) is 0 Å². The number of benzene rings is 1. The van der Waals surface area contributed by atoms with Crippen LogP contribution in [-0.4, -0.2) is 11.6 Å². The number of carbonyl (C=O) groups excluding carboxylic acids is 1. The summed E-state index contributed by atoms with van der Waals surface area (Å²) in [5.41, 5.74) is 7.39. The number of nitrogens with one attached hydrogen (secondary N) is 1. The monoisotopic (exact) mass is 462 g/mol. The first-order valence-corrected chi connectivity index (χ1v) is 13.0. The zero-order valence-electron chi connectivity index (χ0n) is 20.4. The number of hydrogen-bond donors (Lipinski definition) is 2. The minimum atomic E-state index is -0.632. The smallest absolute Gasteiger partial charge is 0.150 e. The number of nitrogens with two attached hydrogens (primary N) is 1. The zero-order valence-corrected chi connectivity index (χ0v) is 21.2. The van der Waals surface area contributed by atoms with Crippen molar-refractivity contribution in [1.29, 1.82) is 5.41 Å².